The minimum atomic E-state index is 0.0524. The highest BCUT2D eigenvalue weighted by atomic mass is 16.5. The largest absolute Gasteiger partial charge is 0.490 e. The molecule has 4 nitrogen and oxygen atoms in total. The Bertz CT molecular complexity index is 417. The van der Waals surface area contributed by atoms with Crippen LogP contribution in [0.5, 0.6) is 5.75 Å². The molecule has 1 aromatic rings. The zero-order chi connectivity index (χ0) is 15.5. The monoisotopic (exact) mass is 292 g/mol. The second kappa shape index (κ2) is 10.2. The summed E-state index contributed by atoms with van der Waals surface area (Å²) in [5.74, 6) is 0.797. The number of nitrogens with zero attached hydrogens (tertiary/aromatic N) is 1. The number of ether oxygens (including phenoxy) is 1. The van der Waals surface area contributed by atoms with Crippen LogP contribution in [-0.2, 0) is 4.79 Å². The molecule has 0 aromatic heterocycles. The fourth-order valence-corrected chi connectivity index (χ4v) is 2.07. The van der Waals surface area contributed by atoms with Gasteiger partial charge in [-0.3, -0.25) is 4.79 Å². The third-order valence-corrected chi connectivity index (χ3v) is 3.48. The van der Waals surface area contributed by atoms with Gasteiger partial charge in [0.15, 0.2) is 0 Å². The van der Waals surface area contributed by atoms with E-state index in [1.807, 2.05) is 24.3 Å². The van der Waals surface area contributed by atoms with Crippen molar-refractivity contribution < 1.29 is 9.53 Å². The van der Waals surface area contributed by atoms with Crippen LogP contribution in [0, 0.1) is 0 Å². The van der Waals surface area contributed by atoms with E-state index in [2.05, 4.69) is 31.0 Å². The number of carbonyl (C=O) groups is 1. The van der Waals surface area contributed by atoms with Crippen LogP contribution in [0.25, 0.3) is 0 Å². The maximum Gasteiger partial charge on any atom is 0.224 e. The summed E-state index contributed by atoms with van der Waals surface area (Å²) in [4.78, 5) is 14.1. The predicted octanol–water partition coefficient (Wildman–Crippen LogP) is 3.54. The first kappa shape index (κ1) is 17.5. The van der Waals surface area contributed by atoms with Gasteiger partial charge in [-0.2, -0.15) is 0 Å². The Labute approximate surface area is 128 Å². The number of amides is 1. The van der Waals surface area contributed by atoms with E-state index in [4.69, 9.17) is 4.74 Å². The first-order valence-corrected chi connectivity index (χ1v) is 7.95. The highest BCUT2D eigenvalue weighted by molar-refractivity contribution is 5.92. The van der Waals surface area contributed by atoms with Crippen molar-refractivity contribution in [3.63, 3.8) is 0 Å². The maximum absolute atomic E-state index is 11.8. The van der Waals surface area contributed by atoms with Crippen LogP contribution in [-0.4, -0.2) is 37.0 Å². The average molecular weight is 292 g/mol. The van der Waals surface area contributed by atoms with Gasteiger partial charge in [0.25, 0.3) is 0 Å². The van der Waals surface area contributed by atoms with Crippen LogP contribution >= 0.6 is 0 Å². The molecule has 0 spiro atoms. The Balaban J connectivity index is 2.52. The van der Waals surface area contributed by atoms with Crippen LogP contribution in [0.3, 0.4) is 0 Å². The number of unbranched alkanes of at least 4 members (excludes halogenated alkanes) is 1. The first-order valence-electron chi connectivity index (χ1n) is 7.95. The third kappa shape index (κ3) is 6.63. The molecule has 1 rings (SSSR count). The number of benzene rings is 1. The van der Waals surface area contributed by atoms with Gasteiger partial charge in [-0.1, -0.05) is 39.3 Å². The second-order valence-corrected chi connectivity index (χ2v) is 5.02. The number of nitrogens with one attached hydrogen (secondary N) is 1. The fraction of sp³-hybridized carbons (Fsp3) is 0.588. The van der Waals surface area contributed by atoms with E-state index in [0.717, 1.165) is 43.9 Å². The van der Waals surface area contributed by atoms with Gasteiger partial charge in [0.05, 0.1) is 5.69 Å². The molecule has 21 heavy (non-hydrogen) atoms. The quantitative estimate of drug-likeness (QED) is 0.717. The lowest BCUT2D eigenvalue weighted by molar-refractivity contribution is -0.116. The molecule has 0 aliphatic heterocycles. The molecule has 0 aliphatic rings. The Morgan fingerprint density at radius 2 is 1.90 bits per heavy atom. The number of hydrogen-bond donors (Lipinski definition) is 1. The molecule has 1 N–H and O–H groups in total. The fourth-order valence-electron chi connectivity index (χ4n) is 2.07. The van der Waals surface area contributed by atoms with Crippen LogP contribution < -0.4 is 10.1 Å². The highest BCUT2D eigenvalue weighted by Gasteiger charge is 2.07. The van der Waals surface area contributed by atoms with Gasteiger partial charge in [0.2, 0.25) is 5.91 Å². The topological polar surface area (TPSA) is 41.6 Å². The van der Waals surface area contributed by atoms with E-state index in [0.29, 0.717) is 13.0 Å². The van der Waals surface area contributed by atoms with Gasteiger partial charge in [0.1, 0.15) is 12.4 Å². The molecular formula is C17H28N2O2. The zero-order valence-electron chi connectivity index (χ0n) is 13.5. The number of carbonyl (C=O) groups excluding carboxylic acids is 1. The van der Waals surface area contributed by atoms with Gasteiger partial charge in [-0.25, -0.2) is 0 Å². The van der Waals surface area contributed by atoms with Crippen LogP contribution in [0.4, 0.5) is 5.69 Å². The zero-order valence-corrected chi connectivity index (χ0v) is 13.5. The lowest BCUT2D eigenvalue weighted by atomic mass is 10.2. The summed E-state index contributed by atoms with van der Waals surface area (Å²) < 4.78 is 5.82. The van der Waals surface area contributed by atoms with Crippen molar-refractivity contribution in [2.75, 3.05) is 31.6 Å². The minimum Gasteiger partial charge on any atom is -0.490 e. The lowest BCUT2D eigenvalue weighted by Crippen LogP contribution is -2.28. The molecule has 0 fully saturated rings. The summed E-state index contributed by atoms with van der Waals surface area (Å²) in [5, 5.41) is 2.93. The number of hydrogen-bond acceptors (Lipinski definition) is 3. The van der Waals surface area contributed by atoms with Crippen molar-refractivity contribution >= 4 is 11.6 Å². The van der Waals surface area contributed by atoms with Crippen LogP contribution in [0.15, 0.2) is 24.3 Å². The number of para-hydroxylation sites is 2. The number of likely N-dealkylation sites (N-methyl/N-ethyl adjacent to an activating group) is 1. The molecule has 0 unspecified atom stereocenters. The van der Waals surface area contributed by atoms with Gasteiger partial charge in [-0.15, -0.1) is 0 Å². The molecule has 4 heteroatoms. The maximum atomic E-state index is 11.8. The third-order valence-electron chi connectivity index (χ3n) is 3.48. The van der Waals surface area contributed by atoms with E-state index in [1.54, 1.807) is 0 Å². The van der Waals surface area contributed by atoms with Crippen molar-refractivity contribution in [3.8, 4) is 5.75 Å². The molecule has 1 amide bonds. The first-order chi connectivity index (χ1) is 10.2. The normalized spacial score (nSPS) is 10.7. The molecule has 0 bridgehead atoms. The van der Waals surface area contributed by atoms with Crippen molar-refractivity contribution in [2.24, 2.45) is 0 Å². The summed E-state index contributed by atoms with van der Waals surface area (Å²) >= 11 is 0. The van der Waals surface area contributed by atoms with E-state index in [9.17, 15) is 4.79 Å². The van der Waals surface area contributed by atoms with Crippen molar-refractivity contribution in [1.29, 1.82) is 0 Å². The molecular weight excluding hydrogens is 264 g/mol. The SMILES string of the molecule is CCCCC(=O)Nc1ccccc1OCCN(CC)CC. The molecule has 0 radical (unpaired) electrons. The van der Waals surface area contributed by atoms with Gasteiger partial charge >= 0.3 is 0 Å². The summed E-state index contributed by atoms with van der Waals surface area (Å²) in [6, 6.07) is 7.62. The second-order valence-electron chi connectivity index (χ2n) is 5.02. The summed E-state index contributed by atoms with van der Waals surface area (Å²) in [6.07, 6.45) is 2.50. The summed E-state index contributed by atoms with van der Waals surface area (Å²) in [7, 11) is 0. The van der Waals surface area contributed by atoms with Crippen molar-refractivity contribution in [2.45, 2.75) is 40.0 Å². The molecule has 0 saturated carbocycles. The Morgan fingerprint density at radius 3 is 2.57 bits per heavy atom. The number of anilines is 1. The van der Waals surface area contributed by atoms with Gasteiger partial charge < -0.3 is 15.0 Å². The van der Waals surface area contributed by atoms with Gasteiger partial charge in [0, 0.05) is 13.0 Å². The van der Waals surface area contributed by atoms with E-state index < -0.39 is 0 Å². The summed E-state index contributed by atoms with van der Waals surface area (Å²) in [5.41, 5.74) is 0.762. The molecule has 1 aromatic carbocycles. The van der Waals surface area contributed by atoms with Crippen LogP contribution in [0.2, 0.25) is 0 Å². The predicted molar refractivity (Wildman–Crippen MR) is 87.9 cm³/mol. The number of rotatable bonds is 10. The van der Waals surface area contributed by atoms with Crippen molar-refractivity contribution in [1.82, 2.24) is 4.90 Å². The molecule has 118 valence electrons. The Hall–Kier alpha value is -1.55. The van der Waals surface area contributed by atoms with E-state index in [1.165, 1.54) is 0 Å². The molecule has 0 heterocycles. The van der Waals surface area contributed by atoms with Crippen molar-refractivity contribution in [3.05, 3.63) is 24.3 Å². The van der Waals surface area contributed by atoms with E-state index in [-0.39, 0.29) is 5.91 Å². The smallest absolute Gasteiger partial charge is 0.224 e. The Kier molecular flexibility index (Phi) is 8.51. The lowest BCUT2D eigenvalue weighted by Gasteiger charge is -2.19. The molecule has 0 aliphatic carbocycles. The highest BCUT2D eigenvalue weighted by Crippen LogP contribution is 2.24. The summed E-state index contributed by atoms with van der Waals surface area (Å²) in [6.45, 7) is 9.94. The van der Waals surface area contributed by atoms with Gasteiger partial charge in [-0.05, 0) is 31.6 Å². The van der Waals surface area contributed by atoms with E-state index >= 15 is 0 Å². The molecule has 0 saturated heterocycles. The average Bonchev–Trinajstić information content (AvgIpc) is 2.51. The van der Waals surface area contributed by atoms with Crippen LogP contribution in [0.1, 0.15) is 40.0 Å². The standard InChI is InChI=1S/C17H28N2O2/c1-4-7-12-17(20)18-15-10-8-9-11-16(15)21-14-13-19(5-2)6-3/h8-11H,4-7,12-14H2,1-3H3,(H,18,20). The minimum absolute atomic E-state index is 0.0524. The Morgan fingerprint density at radius 1 is 1.19 bits per heavy atom. The molecule has 0 atom stereocenters.